The summed E-state index contributed by atoms with van der Waals surface area (Å²) in [5.41, 5.74) is 1.75. The molecule has 4 rings (SSSR count). The third-order valence-corrected chi connectivity index (χ3v) is 11.3. The maximum Gasteiger partial charge on any atom is 0.264 e. The molecule has 40 heavy (non-hydrogen) atoms. The second-order valence-corrected chi connectivity index (χ2v) is 14.1. The molecule has 1 aromatic rings. The number of benzene rings is 1. The van der Waals surface area contributed by atoms with Gasteiger partial charge in [0.25, 0.3) is 5.91 Å². The first-order valence-corrected chi connectivity index (χ1v) is 16.3. The number of unbranched alkanes of at least 4 members (excludes halogenated alkanes) is 1. The Labute approximate surface area is 240 Å². The summed E-state index contributed by atoms with van der Waals surface area (Å²) >= 11 is 0. The topological polar surface area (TPSA) is 95.9 Å². The molecule has 0 unspecified atom stereocenters. The van der Waals surface area contributed by atoms with Crippen molar-refractivity contribution in [3.8, 4) is 5.75 Å². The Balaban J connectivity index is 1.79. The van der Waals surface area contributed by atoms with Crippen LogP contribution in [0.4, 0.5) is 5.69 Å². The summed E-state index contributed by atoms with van der Waals surface area (Å²) in [6.45, 7) is 13.9. The monoisotopic (exact) mass is 570 g/mol. The summed E-state index contributed by atoms with van der Waals surface area (Å²) in [6.07, 6.45) is 12.7. The number of sulfonamides is 1. The van der Waals surface area contributed by atoms with E-state index in [-0.39, 0.29) is 28.7 Å². The number of carbonyl (C=O) groups is 1. The van der Waals surface area contributed by atoms with Gasteiger partial charge in [0.15, 0.2) is 0 Å². The molecule has 3 aliphatic rings. The zero-order valence-corrected chi connectivity index (χ0v) is 25.3. The quantitative estimate of drug-likeness (QED) is 0.352. The van der Waals surface area contributed by atoms with Gasteiger partial charge in [0, 0.05) is 24.1 Å². The molecule has 1 saturated carbocycles. The number of nitrogens with one attached hydrogen (secondary N) is 1. The van der Waals surface area contributed by atoms with Crippen LogP contribution in [-0.2, 0) is 10.0 Å². The maximum absolute atomic E-state index is 13.3. The number of amides is 1. The Morgan fingerprint density at radius 2 is 2.08 bits per heavy atom. The fraction of sp³-hybridized carbons (Fsp3) is 0.594. The first-order valence-electron chi connectivity index (χ1n) is 14.8. The van der Waals surface area contributed by atoms with E-state index >= 15 is 0 Å². The molecular weight excluding hydrogens is 524 g/mol. The van der Waals surface area contributed by atoms with Gasteiger partial charge in [-0.1, -0.05) is 57.6 Å². The fourth-order valence-electron chi connectivity index (χ4n) is 6.21. The lowest BCUT2D eigenvalue weighted by Gasteiger charge is -2.44. The van der Waals surface area contributed by atoms with E-state index in [4.69, 9.17) is 4.74 Å². The number of allylic oxidation sites excluding steroid dienone is 3. The minimum Gasteiger partial charge on any atom is -0.490 e. The largest absolute Gasteiger partial charge is 0.490 e. The molecule has 0 spiro atoms. The van der Waals surface area contributed by atoms with Crippen molar-refractivity contribution >= 4 is 21.6 Å². The summed E-state index contributed by atoms with van der Waals surface area (Å²) in [6, 6.07) is 5.18. The van der Waals surface area contributed by atoms with Crippen molar-refractivity contribution in [1.82, 2.24) is 4.72 Å². The smallest absolute Gasteiger partial charge is 0.264 e. The Morgan fingerprint density at radius 3 is 2.75 bits per heavy atom. The van der Waals surface area contributed by atoms with E-state index in [1.807, 2.05) is 32.1 Å². The van der Waals surface area contributed by atoms with E-state index in [0.717, 1.165) is 43.4 Å². The van der Waals surface area contributed by atoms with Crippen molar-refractivity contribution in [3.63, 3.8) is 0 Å². The minimum atomic E-state index is -3.91. The molecule has 8 heteroatoms. The van der Waals surface area contributed by atoms with Gasteiger partial charge in [0.1, 0.15) is 5.75 Å². The number of nitrogens with zero attached hydrogens (tertiary/aromatic N) is 1. The van der Waals surface area contributed by atoms with E-state index in [9.17, 15) is 18.3 Å². The number of carbonyl (C=O) groups excluding carboxylic acids is 1. The highest BCUT2D eigenvalue weighted by atomic mass is 32.2. The number of anilines is 1. The van der Waals surface area contributed by atoms with Crippen molar-refractivity contribution in [2.24, 2.45) is 23.2 Å². The summed E-state index contributed by atoms with van der Waals surface area (Å²) in [5, 5.41) is 10.3. The molecule has 1 aromatic carbocycles. The summed E-state index contributed by atoms with van der Waals surface area (Å²) in [4.78, 5) is 15.6. The lowest BCUT2D eigenvalue weighted by atomic mass is 9.69. The predicted molar refractivity (Wildman–Crippen MR) is 161 cm³/mol. The lowest BCUT2D eigenvalue weighted by Crippen LogP contribution is -2.47. The number of fused-ring (bicyclic) bond motifs is 2. The van der Waals surface area contributed by atoms with Crippen LogP contribution in [0.1, 0.15) is 76.6 Å². The molecule has 2 heterocycles. The minimum absolute atomic E-state index is 0.128. The highest BCUT2D eigenvalue weighted by Crippen LogP contribution is 2.45. The number of hydrogen-bond acceptors (Lipinski definition) is 6. The highest BCUT2D eigenvalue weighted by molar-refractivity contribution is 7.90. The van der Waals surface area contributed by atoms with E-state index < -0.39 is 27.3 Å². The molecule has 1 fully saturated rings. The van der Waals surface area contributed by atoms with Crippen molar-refractivity contribution in [2.75, 3.05) is 24.6 Å². The van der Waals surface area contributed by atoms with Gasteiger partial charge in [0.2, 0.25) is 10.0 Å². The van der Waals surface area contributed by atoms with E-state index in [1.54, 1.807) is 25.1 Å². The molecule has 7 nitrogen and oxygen atoms in total. The third kappa shape index (κ3) is 6.33. The number of rotatable bonds is 5. The molecular formula is C32H46N2O5S. The van der Waals surface area contributed by atoms with Gasteiger partial charge >= 0.3 is 0 Å². The van der Waals surface area contributed by atoms with Gasteiger partial charge in [-0.15, -0.1) is 0 Å². The van der Waals surface area contributed by atoms with Crippen molar-refractivity contribution in [3.05, 3.63) is 60.2 Å². The molecule has 0 saturated heterocycles. The highest BCUT2D eigenvalue weighted by Gasteiger charge is 2.42. The average Bonchev–Trinajstić information content (AvgIpc) is 3.06. The van der Waals surface area contributed by atoms with Crippen LogP contribution in [0.15, 0.2) is 54.7 Å². The van der Waals surface area contributed by atoms with Gasteiger partial charge in [-0.25, -0.2) is 13.1 Å². The van der Waals surface area contributed by atoms with Gasteiger partial charge in [-0.05, 0) is 81.1 Å². The van der Waals surface area contributed by atoms with E-state index in [0.29, 0.717) is 31.9 Å². The average molecular weight is 571 g/mol. The Bertz CT molecular complexity index is 1260. The van der Waals surface area contributed by atoms with E-state index in [1.165, 1.54) is 0 Å². The van der Waals surface area contributed by atoms with Gasteiger partial charge in [-0.2, -0.15) is 0 Å². The van der Waals surface area contributed by atoms with Crippen LogP contribution >= 0.6 is 0 Å². The Kier molecular flexibility index (Phi) is 9.51. The normalized spacial score (nSPS) is 33.2. The molecule has 1 aliphatic carbocycles. The van der Waals surface area contributed by atoms with Crippen LogP contribution in [0, 0.1) is 23.2 Å². The molecule has 2 bridgehead atoms. The fourth-order valence-corrected chi connectivity index (χ4v) is 7.49. The summed E-state index contributed by atoms with van der Waals surface area (Å²) < 4.78 is 35.0. The number of ether oxygens (including phenoxy) is 1. The molecule has 0 aromatic heterocycles. The SMILES string of the molecule is C=C(/C=C\C)[C@]1(CCCC)COc2ccc3cc2N(C[C@@H]2CC[C@H]2[C@@H](O)/C=C/C[C@H](C)[C@@H](C)S(=O)(=O)NC3=O)C1. The van der Waals surface area contributed by atoms with Gasteiger partial charge in [-0.3, -0.25) is 4.79 Å². The zero-order chi connectivity index (χ0) is 29.1. The Hall–Kier alpha value is -2.58. The zero-order valence-electron chi connectivity index (χ0n) is 24.4. The number of aliphatic hydroxyl groups excluding tert-OH is 1. The maximum atomic E-state index is 13.3. The van der Waals surface area contributed by atoms with Crippen molar-refractivity contribution in [2.45, 2.75) is 77.6 Å². The van der Waals surface area contributed by atoms with Crippen LogP contribution in [-0.4, -0.2) is 50.5 Å². The van der Waals surface area contributed by atoms with E-state index in [2.05, 4.69) is 29.2 Å². The first-order chi connectivity index (χ1) is 19.0. The second-order valence-electron chi connectivity index (χ2n) is 12.1. The lowest BCUT2D eigenvalue weighted by molar-refractivity contribution is 0.0453. The van der Waals surface area contributed by atoms with Gasteiger partial charge < -0.3 is 14.7 Å². The number of hydrogen-bond donors (Lipinski definition) is 2. The third-order valence-electron chi connectivity index (χ3n) is 9.35. The van der Waals surface area contributed by atoms with Crippen LogP contribution in [0.5, 0.6) is 5.75 Å². The second kappa shape index (κ2) is 12.5. The number of aliphatic hydroxyl groups is 1. The standard InChI is InChI=1S/C32H46N2O5S/c1-6-8-17-32(23(4)10-7-2)20-34-19-26-13-15-27(26)29(35)12-9-11-22(3)24(5)40(37,38)33-31(36)25-14-16-30(39-21-32)28(34)18-25/h7,9-10,12,14,16,18,22,24,26-27,29,35H,4,6,8,11,13,15,17,19-21H2,1-3,5H3,(H,33,36)/b10-7-,12-9+/t22-,24+,26-,27+,29-,32-/m0/s1. The summed E-state index contributed by atoms with van der Waals surface area (Å²) in [7, 11) is -3.91. The molecule has 220 valence electrons. The van der Waals surface area contributed by atoms with Crippen LogP contribution in [0.25, 0.3) is 0 Å². The van der Waals surface area contributed by atoms with Crippen LogP contribution in [0.2, 0.25) is 0 Å². The van der Waals surface area contributed by atoms with Crippen LogP contribution in [0.3, 0.4) is 0 Å². The summed E-state index contributed by atoms with van der Waals surface area (Å²) in [5.74, 6) is 0.220. The Morgan fingerprint density at radius 1 is 1.30 bits per heavy atom. The first kappa shape index (κ1) is 30.4. The van der Waals surface area contributed by atoms with Gasteiger partial charge in [0.05, 0.1) is 23.6 Å². The molecule has 2 aliphatic heterocycles. The molecule has 0 radical (unpaired) electrons. The van der Waals surface area contributed by atoms with Crippen molar-refractivity contribution in [1.29, 1.82) is 0 Å². The molecule has 2 N–H and O–H groups in total. The van der Waals surface area contributed by atoms with Crippen LogP contribution < -0.4 is 14.4 Å². The van der Waals surface area contributed by atoms with Crippen molar-refractivity contribution < 1.29 is 23.1 Å². The predicted octanol–water partition coefficient (Wildman–Crippen LogP) is 5.63. The molecule has 1 amide bonds. The molecule has 6 atom stereocenters.